The first-order valence-electron chi connectivity index (χ1n) is 5.89. The first-order chi connectivity index (χ1) is 8.75. The van der Waals surface area contributed by atoms with Gasteiger partial charge in [-0.25, -0.2) is 0 Å². The third-order valence-corrected chi connectivity index (χ3v) is 2.73. The van der Waals surface area contributed by atoms with E-state index < -0.39 is 0 Å². The van der Waals surface area contributed by atoms with Gasteiger partial charge >= 0.3 is 0 Å². The molecule has 1 saturated heterocycles. The van der Waals surface area contributed by atoms with Crippen LogP contribution in [0.3, 0.4) is 0 Å². The summed E-state index contributed by atoms with van der Waals surface area (Å²) in [6, 6.07) is 3.70. The molecule has 1 aromatic heterocycles. The summed E-state index contributed by atoms with van der Waals surface area (Å²) in [4.78, 5) is 28.7. The summed E-state index contributed by atoms with van der Waals surface area (Å²) >= 11 is 0. The van der Waals surface area contributed by atoms with Crippen LogP contribution < -0.4 is 5.32 Å². The molecule has 0 radical (unpaired) electrons. The second kappa shape index (κ2) is 5.95. The molecule has 2 heterocycles. The third-order valence-electron chi connectivity index (χ3n) is 2.73. The molecular formula is C13H15N3O2. The van der Waals surface area contributed by atoms with Crippen LogP contribution in [0.15, 0.2) is 30.6 Å². The molecule has 0 spiro atoms. The van der Waals surface area contributed by atoms with E-state index in [1.807, 2.05) is 12.1 Å². The van der Waals surface area contributed by atoms with Gasteiger partial charge in [-0.2, -0.15) is 0 Å². The van der Waals surface area contributed by atoms with Crippen molar-refractivity contribution in [1.29, 1.82) is 0 Å². The van der Waals surface area contributed by atoms with Gasteiger partial charge in [-0.05, 0) is 17.7 Å². The van der Waals surface area contributed by atoms with E-state index in [0.717, 1.165) is 5.56 Å². The van der Waals surface area contributed by atoms with Crippen LogP contribution in [-0.2, 0) is 9.59 Å². The second-order valence-electron chi connectivity index (χ2n) is 4.04. The zero-order chi connectivity index (χ0) is 12.8. The minimum Gasteiger partial charge on any atom is -0.354 e. The number of carbonyl (C=O) groups is 2. The lowest BCUT2D eigenvalue weighted by Gasteiger charge is -2.17. The van der Waals surface area contributed by atoms with Crippen molar-refractivity contribution in [3.8, 4) is 0 Å². The van der Waals surface area contributed by atoms with Crippen LogP contribution >= 0.6 is 0 Å². The van der Waals surface area contributed by atoms with Crippen LogP contribution in [0.4, 0.5) is 0 Å². The van der Waals surface area contributed by atoms with Gasteiger partial charge in [0.2, 0.25) is 11.8 Å². The highest BCUT2D eigenvalue weighted by Gasteiger charge is 2.15. The minimum atomic E-state index is -0.0737. The fourth-order valence-electron chi connectivity index (χ4n) is 1.73. The van der Waals surface area contributed by atoms with Gasteiger partial charge in [-0.1, -0.05) is 6.07 Å². The highest BCUT2D eigenvalue weighted by molar-refractivity contribution is 5.92. The van der Waals surface area contributed by atoms with Crippen molar-refractivity contribution in [2.45, 2.75) is 6.42 Å². The maximum atomic E-state index is 11.9. The lowest BCUT2D eigenvalue weighted by Crippen LogP contribution is -2.32. The van der Waals surface area contributed by atoms with Gasteiger partial charge in [-0.15, -0.1) is 0 Å². The molecule has 94 valence electrons. The predicted molar refractivity (Wildman–Crippen MR) is 67.5 cm³/mol. The van der Waals surface area contributed by atoms with Crippen molar-refractivity contribution in [2.24, 2.45) is 0 Å². The molecule has 0 aromatic carbocycles. The Hall–Kier alpha value is -2.17. The Balaban J connectivity index is 1.95. The van der Waals surface area contributed by atoms with Crippen molar-refractivity contribution in [1.82, 2.24) is 15.2 Å². The summed E-state index contributed by atoms with van der Waals surface area (Å²) in [6.45, 7) is 1.55. The molecule has 1 N–H and O–H groups in total. The lowest BCUT2D eigenvalue weighted by molar-refractivity contribution is -0.125. The molecule has 1 aromatic rings. The average molecular weight is 245 g/mol. The van der Waals surface area contributed by atoms with E-state index >= 15 is 0 Å². The number of nitrogens with one attached hydrogen (secondary N) is 1. The molecule has 0 unspecified atom stereocenters. The SMILES string of the molecule is O=C1CCN(C(=O)/C=C/c2cccnc2)CCN1. The predicted octanol–water partition coefficient (Wildman–Crippen LogP) is 0.443. The van der Waals surface area contributed by atoms with Crippen LogP contribution in [0.25, 0.3) is 6.08 Å². The zero-order valence-electron chi connectivity index (χ0n) is 10.0. The maximum Gasteiger partial charge on any atom is 0.246 e. The number of pyridine rings is 1. The highest BCUT2D eigenvalue weighted by Crippen LogP contribution is 2.02. The maximum absolute atomic E-state index is 11.9. The second-order valence-corrected chi connectivity index (χ2v) is 4.04. The quantitative estimate of drug-likeness (QED) is 0.769. The topological polar surface area (TPSA) is 62.3 Å². The molecule has 5 nitrogen and oxygen atoms in total. The normalized spacial score (nSPS) is 16.4. The van der Waals surface area contributed by atoms with Gasteiger partial charge in [0.05, 0.1) is 0 Å². The summed E-state index contributed by atoms with van der Waals surface area (Å²) in [5.74, 6) is -0.0723. The standard InChI is InChI=1S/C13H15N3O2/c17-12-5-8-16(9-7-15-12)13(18)4-3-11-2-1-6-14-10-11/h1-4,6,10H,5,7-9H2,(H,15,17)/b4-3+. The van der Waals surface area contributed by atoms with Gasteiger partial charge < -0.3 is 10.2 Å². The summed E-state index contributed by atoms with van der Waals surface area (Å²) in [5.41, 5.74) is 0.884. The van der Waals surface area contributed by atoms with E-state index in [4.69, 9.17) is 0 Å². The van der Waals surface area contributed by atoms with Crippen molar-refractivity contribution >= 4 is 17.9 Å². The van der Waals surface area contributed by atoms with E-state index in [0.29, 0.717) is 26.1 Å². The molecular weight excluding hydrogens is 230 g/mol. The fraction of sp³-hybridized carbons (Fsp3) is 0.308. The van der Waals surface area contributed by atoms with Crippen LogP contribution in [0.1, 0.15) is 12.0 Å². The van der Waals surface area contributed by atoms with Gasteiger partial charge in [0.1, 0.15) is 0 Å². The first kappa shape index (κ1) is 12.3. The Morgan fingerprint density at radius 1 is 1.44 bits per heavy atom. The Labute approximate surface area is 106 Å². The van der Waals surface area contributed by atoms with Crippen LogP contribution in [0.5, 0.6) is 0 Å². The van der Waals surface area contributed by atoms with Crippen molar-refractivity contribution in [3.63, 3.8) is 0 Å². The third kappa shape index (κ3) is 3.41. The Bertz CT molecular complexity index is 457. The van der Waals surface area contributed by atoms with E-state index in [1.165, 1.54) is 6.08 Å². The molecule has 1 aliphatic rings. The molecule has 5 heteroatoms. The van der Waals surface area contributed by atoms with Crippen LogP contribution in [0.2, 0.25) is 0 Å². The minimum absolute atomic E-state index is 0.00142. The highest BCUT2D eigenvalue weighted by atomic mass is 16.2. The van der Waals surface area contributed by atoms with Gasteiger partial charge in [0.25, 0.3) is 0 Å². The fourth-order valence-corrected chi connectivity index (χ4v) is 1.73. The van der Waals surface area contributed by atoms with Crippen LogP contribution in [0, 0.1) is 0 Å². The molecule has 0 aliphatic carbocycles. The van der Waals surface area contributed by atoms with E-state index in [9.17, 15) is 9.59 Å². The number of carbonyl (C=O) groups excluding carboxylic acids is 2. The smallest absolute Gasteiger partial charge is 0.246 e. The van der Waals surface area contributed by atoms with Crippen molar-refractivity contribution in [2.75, 3.05) is 19.6 Å². The van der Waals surface area contributed by atoms with E-state index in [1.54, 1.807) is 23.4 Å². The summed E-state index contributed by atoms with van der Waals surface area (Å²) in [5, 5.41) is 2.74. The van der Waals surface area contributed by atoms with Gasteiger partial charge in [0, 0.05) is 44.5 Å². The molecule has 2 amide bonds. The molecule has 2 rings (SSSR count). The average Bonchev–Trinajstić information content (AvgIpc) is 2.62. The summed E-state index contributed by atoms with van der Waals surface area (Å²) in [7, 11) is 0. The van der Waals surface area contributed by atoms with Crippen LogP contribution in [-0.4, -0.2) is 41.3 Å². The number of rotatable bonds is 2. The lowest BCUT2D eigenvalue weighted by atomic mass is 10.2. The summed E-state index contributed by atoms with van der Waals surface area (Å²) < 4.78 is 0. The van der Waals surface area contributed by atoms with Crippen molar-refractivity contribution < 1.29 is 9.59 Å². The van der Waals surface area contributed by atoms with Gasteiger partial charge in [-0.3, -0.25) is 14.6 Å². The first-order valence-corrected chi connectivity index (χ1v) is 5.89. The zero-order valence-corrected chi connectivity index (χ0v) is 10.0. The molecule has 0 saturated carbocycles. The molecule has 1 fully saturated rings. The Kier molecular flexibility index (Phi) is 4.06. The molecule has 0 bridgehead atoms. The number of hydrogen-bond acceptors (Lipinski definition) is 3. The van der Waals surface area contributed by atoms with E-state index in [-0.39, 0.29) is 11.8 Å². The number of amides is 2. The molecule has 1 aliphatic heterocycles. The summed E-state index contributed by atoms with van der Waals surface area (Å²) in [6.07, 6.45) is 7.00. The molecule has 0 atom stereocenters. The number of nitrogens with zero attached hydrogens (tertiary/aromatic N) is 2. The number of aromatic nitrogens is 1. The van der Waals surface area contributed by atoms with Crippen molar-refractivity contribution in [3.05, 3.63) is 36.2 Å². The Morgan fingerprint density at radius 2 is 2.33 bits per heavy atom. The van der Waals surface area contributed by atoms with Gasteiger partial charge in [0.15, 0.2) is 0 Å². The Morgan fingerprint density at radius 3 is 3.11 bits per heavy atom. The van der Waals surface area contributed by atoms with E-state index in [2.05, 4.69) is 10.3 Å². The monoisotopic (exact) mass is 245 g/mol. The molecule has 18 heavy (non-hydrogen) atoms. The number of hydrogen-bond donors (Lipinski definition) is 1. The largest absolute Gasteiger partial charge is 0.354 e.